The Labute approximate surface area is 127 Å². The SMILES string of the molecule is O=C(Cc1cccs1)N1CCc2[nH]c3ccccc3c2C1. The van der Waals surface area contributed by atoms with Gasteiger partial charge in [-0.05, 0) is 17.5 Å². The second kappa shape index (κ2) is 5.04. The molecule has 0 saturated heterocycles. The van der Waals surface area contributed by atoms with Gasteiger partial charge in [-0.3, -0.25) is 4.79 Å². The van der Waals surface area contributed by atoms with Crippen LogP contribution in [0.5, 0.6) is 0 Å². The van der Waals surface area contributed by atoms with Crippen LogP contribution in [0.2, 0.25) is 0 Å². The van der Waals surface area contributed by atoms with Gasteiger partial charge in [0, 0.05) is 46.5 Å². The van der Waals surface area contributed by atoms with Crippen molar-refractivity contribution in [2.75, 3.05) is 6.54 Å². The third kappa shape index (κ3) is 2.25. The lowest BCUT2D eigenvalue weighted by atomic mass is 10.0. The maximum atomic E-state index is 12.5. The number of carbonyl (C=O) groups is 1. The van der Waals surface area contributed by atoms with Gasteiger partial charge in [0.05, 0.1) is 6.42 Å². The lowest BCUT2D eigenvalue weighted by molar-refractivity contribution is -0.131. The molecule has 0 unspecified atom stereocenters. The number of aromatic amines is 1. The maximum Gasteiger partial charge on any atom is 0.228 e. The van der Waals surface area contributed by atoms with Crippen LogP contribution in [-0.4, -0.2) is 22.3 Å². The van der Waals surface area contributed by atoms with E-state index in [0.717, 1.165) is 24.4 Å². The van der Waals surface area contributed by atoms with Gasteiger partial charge in [0.1, 0.15) is 0 Å². The molecule has 3 heterocycles. The van der Waals surface area contributed by atoms with Crippen LogP contribution in [0.3, 0.4) is 0 Å². The van der Waals surface area contributed by atoms with Crippen LogP contribution in [0.15, 0.2) is 41.8 Å². The van der Waals surface area contributed by atoms with E-state index in [4.69, 9.17) is 0 Å². The summed E-state index contributed by atoms with van der Waals surface area (Å²) in [6, 6.07) is 12.4. The first-order chi connectivity index (χ1) is 10.3. The Hall–Kier alpha value is -2.07. The van der Waals surface area contributed by atoms with Crippen LogP contribution in [0.1, 0.15) is 16.1 Å². The molecule has 4 rings (SSSR count). The molecule has 2 aromatic heterocycles. The normalized spacial score (nSPS) is 14.4. The molecule has 4 heteroatoms. The molecule has 1 N–H and O–H groups in total. The number of nitrogens with zero attached hydrogens (tertiary/aromatic N) is 1. The Morgan fingerprint density at radius 3 is 3.00 bits per heavy atom. The Bertz CT molecular complexity index is 788. The molecule has 0 radical (unpaired) electrons. The van der Waals surface area contributed by atoms with Crippen molar-refractivity contribution in [3.63, 3.8) is 0 Å². The van der Waals surface area contributed by atoms with Crippen molar-refractivity contribution in [2.24, 2.45) is 0 Å². The molecule has 21 heavy (non-hydrogen) atoms. The van der Waals surface area contributed by atoms with Gasteiger partial charge in [-0.15, -0.1) is 11.3 Å². The fraction of sp³-hybridized carbons (Fsp3) is 0.235. The molecule has 3 aromatic rings. The van der Waals surface area contributed by atoms with Gasteiger partial charge in [-0.25, -0.2) is 0 Å². The first-order valence-corrected chi connectivity index (χ1v) is 8.08. The zero-order chi connectivity index (χ0) is 14.2. The Morgan fingerprint density at radius 2 is 2.14 bits per heavy atom. The summed E-state index contributed by atoms with van der Waals surface area (Å²) in [5.74, 6) is 0.230. The van der Waals surface area contributed by atoms with Crippen molar-refractivity contribution in [2.45, 2.75) is 19.4 Å². The first-order valence-electron chi connectivity index (χ1n) is 7.20. The summed E-state index contributed by atoms with van der Waals surface area (Å²) < 4.78 is 0. The molecule has 1 aromatic carbocycles. The highest BCUT2D eigenvalue weighted by Crippen LogP contribution is 2.28. The van der Waals surface area contributed by atoms with E-state index in [1.807, 2.05) is 28.5 Å². The van der Waals surface area contributed by atoms with E-state index in [0.29, 0.717) is 6.42 Å². The number of benzene rings is 1. The van der Waals surface area contributed by atoms with Crippen molar-refractivity contribution in [3.05, 3.63) is 57.9 Å². The van der Waals surface area contributed by atoms with Gasteiger partial charge in [0.15, 0.2) is 0 Å². The number of fused-ring (bicyclic) bond motifs is 3. The van der Waals surface area contributed by atoms with Crippen LogP contribution in [0, 0.1) is 0 Å². The van der Waals surface area contributed by atoms with E-state index >= 15 is 0 Å². The van der Waals surface area contributed by atoms with Crippen molar-refractivity contribution in [3.8, 4) is 0 Å². The predicted octanol–water partition coefficient (Wildman–Crippen LogP) is 3.36. The van der Waals surface area contributed by atoms with E-state index in [1.165, 1.54) is 22.2 Å². The number of aromatic nitrogens is 1. The molecule has 0 aliphatic carbocycles. The summed E-state index contributed by atoms with van der Waals surface area (Å²) in [5, 5.41) is 3.28. The largest absolute Gasteiger partial charge is 0.358 e. The van der Waals surface area contributed by atoms with Crippen molar-refractivity contribution in [1.29, 1.82) is 0 Å². The van der Waals surface area contributed by atoms with Crippen LogP contribution in [-0.2, 0) is 24.2 Å². The molecule has 0 fully saturated rings. The molecular formula is C17H16N2OS. The number of rotatable bonds is 2. The molecule has 0 bridgehead atoms. The molecular weight excluding hydrogens is 280 g/mol. The van der Waals surface area contributed by atoms with Gasteiger partial charge in [0.2, 0.25) is 5.91 Å². The number of H-pyrrole nitrogens is 1. The highest BCUT2D eigenvalue weighted by Gasteiger charge is 2.23. The molecule has 1 aliphatic rings. The molecule has 0 atom stereocenters. The Kier molecular flexibility index (Phi) is 3.04. The minimum atomic E-state index is 0.230. The topological polar surface area (TPSA) is 36.1 Å². The minimum Gasteiger partial charge on any atom is -0.358 e. The predicted molar refractivity (Wildman–Crippen MR) is 85.4 cm³/mol. The summed E-state index contributed by atoms with van der Waals surface area (Å²) >= 11 is 1.65. The molecule has 3 nitrogen and oxygen atoms in total. The number of thiophene rings is 1. The van der Waals surface area contributed by atoms with Crippen LogP contribution in [0.25, 0.3) is 10.9 Å². The van der Waals surface area contributed by atoms with Gasteiger partial charge < -0.3 is 9.88 Å². The second-order valence-electron chi connectivity index (χ2n) is 5.45. The van der Waals surface area contributed by atoms with E-state index in [9.17, 15) is 4.79 Å². The lowest BCUT2D eigenvalue weighted by Gasteiger charge is -2.27. The fourth-order valence-electron chi connectivity index (χ4n) is 3.05. The minimum absolute atomic E-state index is 0.230. The first kappa shape index (κ1) is 12.7. The van der Waals surface area contributed by atoms with Crippen molar-refractivity contribution in [1.82, 2.24) is 9.88 Å². The highest BCUT2D eigenvalue weighted by molar-refractivity contribution is 7.10. The fourth-order valence-corrected chi connectivity index (χ4v) is 3.75. The van der Waals surface area contributed by atoms with Gasteiger partial charge in [-0.1, -0.05) is 24.3 Å². The number of hydrogen-bond acceptors (Lipinski definition) is 2. The van der Waals surface area contributed by atoms with Gasteiger partial charge in [0.25, 0.3) is 0 Å². The molecule has 1 amide bonds. The van der Waals surface area contributed by atoms with Gasteiger partial charge >= 0.3 is 0 Å². The third-order valence-electron chi connectivity index (χ3n) is 4.14. The molecule has 106 valence electrons. The number of amides is 1. The third-order valence-corrected chi connectivity index (χ3v) is 5.02. The lowest BCUT2D eigenvalue weighted by Crippen LogP contribution is -2.36. The molecule has 0 saturated carbocycles. The zero-order valence-corrected chi connectivity index (χ0v) is 12.5. The summed E-state index contributed by atoms with van der Waals surface area (Å²) in [4.78, 5) is 19.1. The Balaban J connectivity index is 1.59. The van der Waals surface area contributed by atoms with Crippen LogP contribution in [0.4, 0.5) is 0 Å². The number of hydrogen-bond donors (Lipinski definition) is 1. The zero-order valence-electron chi connectivity index (χ0n) is 11.6. The summed E-state index contributed by atoms with van der Waals surface area (Å²) in [5.41, 5.74) is 3.75. The molecule has 1 aliphatic heterocycles. The van der Waals surface area contributed by atoms with E-state index < -0.39 is 0 Å². The van der Waals surface area contributed by atoms with Crippen LogP contribution < -0.4 is 0 Å². The standard InChI is InChI=1S/C17H16N2OS/c20-17(10-12-4-3-9-21-12)19-8-7-16-14(11-19)13-5-1-2-6-15(13)18-16/h1-6,9,18H,7-8,10-11H2. The number of para-hydroxylation sites is 1. The smallest absolute Gasteiger partial charge is 0.228 e. The summed E-state index contributed by atoms with van der Waals surface area (Å²) in [7, 11) is 0. The summed E-state index contributed by atoms with van der Waals surface area (Å²) in [6.45, 7) is 1.54. The second-order valence-corrected chi connectivity index (χ2v) is 6.48. The summed E-state index contributed by atoms with van der Waals surface area (Å²) in [6.07, 6.45) is 1.44. The van der Waals surface area contributed by atoms with Crippen LogP contribution >= 0.6 is 11.3 Å². The number of nitrogens with one attached hydrogen (secondary N) is 1. The number of carbonyl (C=O) groups excluding carboxylic acids is 1. The maximum absolute atomic E-state index is 12.5. The highest BCUT2D eigenvalue weighted by atomic mass is 32.1. The van der Waals surface area contributed by atoms with E-state index in [-0.39, 0.29) is 5.91 Å². The average molecular weight is 296 g/mol. The average Bonchev–Trinajstić information content (AvgIpc) is 3.13. The quantitative estimate of drug-likeness (QED) is 0.773. The van der Waals surface area contributed by atoms with E-state index in [2.05, 4.69) is 23.2 Å². The van der Waals surface area contributed by atoms with E-state index in [1.54, 1.807) is 11.3 Å². The Morgan fingerprint density at radius 1 is 1.24 bits per heavy atom. The monoisotopic (exact) mass is 296 g/mol. The van der Waals surface area contributed by atoms with Crippen molar-refractivity contribution >= 4 is 28.1 Å². The van der Waals surface area contributed by atoms with Crippen molar-refractivity contribution < 1.29 is 4.79 Å². The molecule has 0 spiro atoms. The van der Waals surface area contributed by atoms with Gasteiger partial charge in [-0.2, -0.15) is 0 Å².